The normalized spacial score (nSPS) is 18.0. The molecule has 0 saturated carbocycles. The van der Waals surface area contributed by atoms with Crippen LogP contribution in [0.25, 0.3) is 11.1 Å². The van der Waals surface area contributed by atoms with E-state index in [0.717, 1.165) is 35.1 Å². The Labute approximate surface area is 198 Å². The molecule has 1 heterocycles. The fraction of sp³-hybridized carbons (Fsp3) is 0.423. The van der Waals surface area contributed by atoms with Gasteiger partial charge in [-0.3, -0.25) is 4.79 Å². The van der Waals surface area contributed by atoms with Gasteiger partial charge >= 0.3 is 12.1 Å². The van der Waals surface area contributed by atoms with E-state index in [1.165, 1.54) is 12.0 Å². The van der Waals surface area contributed by atoms with Crippen LogP contribution in [0.4, 0.5) is 4.79 Å². The van der Waals surface area contributed by atoms with Crippen LogP contribution in [-0.2, 0) is 19.1 Å². The Morgan fingerprint density at radius 3 is 2.32 bits per heavy atom. The van der Waals surface area contributed by atoms with Crippen LogP contribution in [0.2, 0.25) is 0 Å². The number of methoxy groups -OCH3 is 1. The van der Waals surface area contributed by atoms with Crippen LogP contribution in [0, 0.1) is 0 Å². The largest absolute Gasteiger partial charge is 0.480 e. The zero-order valence-electron chi connectivity index (χ0n) is 19.2. The van der Waals surface area contributed by atoms with E-state index in [-0.39, 0.29) is 25.6 Å². The zero-order chi connectivity index (χ0) is 24.1. The maximum atomic E-state index is 13.2. The van der Waals surface area contributed by atoms with Gasteiger partial charge in [0.05, 0.1) is 0 Å². The second kappa shape index (κ2) is 10.7. The van der Waals surface area contributed by atoms with E-state index in [9.17, 15) is 19.5 Å². The minimum atomic E-state index is -1.03. The highest BCUT2D eigenvalue weighted by Gasteiger charge is 2.36. The molecule has 0 radical (unpaired) electrons. The summed E-state index contributed by atoms with van der Waals surface area (Å²) in [7, 11) is 1.51. The molecule has 2 aromatic rings. The third-order valence-electron chi connectivity index (χ3n) is 6.62. The number of nitrogens with one attached hydrogen (secondary N) is 1. The number of rotatable bonds is 8. The van der Waals surface area contributed by atoms with Crippen LogP contribution in [-0.4, -0.2) is 66.9 Å². The standard InChI is InChI=1S/C26H30N2O6/c1-33-15-13-22(24(29)28-14-7-6-12-23(28)25(30)31)27-26(32)34-16-21-19-10-4-2-8-17(19)18-9-3-5-11-20(18)21/h2-5,8-11,21-23H,6-7,12-16H2,1H3,(H,27,32)(H,30,31)/t22?,23-/m1/s1. The first-order chi connectivity index (χ1) is 16.5. The van der Waals surface area contributed by atoms with Gasteiger partial charge in [0.25, 0.3) is 0 Å². The molecular weight excluding hydrogens is 436 g/mol. The second-order valence-corrected chi connectivity index (χ2v) is 8.69. The number of amides is 2. The summed E-state index contributed by atoms with van der Waals surface area (Å²) in [6.45, 7) is 0.726. The van der Waals surface area contributed by atoms with Crippen LogP contribution < -0.4 is 5.32 Å². The smallest absolute Gasteiger partial charge is 0.407 e. The lowest BCUT2D eigenvalue weighted by molar-refractivity contribution is -0.153. The first-order valence-electron chi connectivity index (χ1n) is 11.6. The highest BCUT2D eigenvalue weighted by Crippen LogP contribution is 2.44. The molecule has 2 N–H and O–H groups in total. The number of ether oxygens (including phenoxy) is 2. The average molecular weight is 467 g/mol. The molecule has 34 heavy (non-hydrogen) atoms. The fourth-order valence-electron chi connectivity index (χ4n) is 4.93. The maximum Gasteiger partial charge on any atom is 0.407 e. The molecule has 8 heteroatoms. The third-order valence-corrected chi connectivity index (χ3v) is 6.62. The minimum Gasteiger partial charge on any atom is -0.480 e. The Balaban J connectivity index is 1.44. The van der Waals surface area contributed by atoms with Crippen molar-refractivity contribution in [2.75, 3.05) is 26.9 Å². The number of piperidine rings is 1. The number of carbonyl (C=O) groups is 3. The van der Waals surface area contributed by atoms with Crippen LogP contribution in [0.15, 0.2) is 48.5 Å². The molecule has 1 saturated heterocycles. The molecule has 2 aromatic carbocycles. The van der Waals surface area contributed by atoms with Crippen molar-refractivity contribution in [2.24, 2.45) is 0 Å². The molecule has 1 fully saturated rings. The highest BCUT2D eigenvalue weighted by atomic mass is 16.5. The third kappa shape index (κ3) is 4.92. The number of carbonyl (C=O) groups excluding carboxylic acids is 2. The molecule has 180 valence electrons. The first-order valence-corrected chi connectivity index (χ1v) is 11.6. The molecule has 0 bridgehead atoms. The summed E-state index contributed by atoms with van der Waals surface area (Å²) in [6, 6.07) is 14.3. The number of carboxylic acid groups (broad SMARTS) is 1. The van der Waals surface area contributed by atoms with Gasteiger partial charge in [-0.05, 0) is 41.5 Å². The van der Waals surface area contributed by atoms with Gasteiger partial charge in [-0.25, -0.2) is 9.59 Å². The lowest BCUT2D eigenvalue weighted by atomic mass is 9.98. The number of alkyl carbamates (subject to hydrolysis) is 1. The molecule has 8 nitrogen and oxygen atoms in total. The van der Waals surface area contributed by atoms with Crippen LogP contribution in [0.3, 0.4) is 0 Å². The number of fused-ring (bicyclic) bond motifs is 3. The Morgan fingerprint density at radius 2 is 1.71 bits per heavy atom. The topological polar surface area (TPSA) is 105 Å². The van der Waals surface area contributed by atoms with Crippen LogP contribution in [0.1, 0.15) is 42.7 Å². The van der Waals surface area contributed by atoms with Gasteiger partial charge in [-0.2, -0.15) is 0 Å². The number of carboxylic acids is 1. The Morgan fingerprint density at radius 1 is 1.06 bits per heavy atom. The monoisotopic (exact) mass is 466 g/mol. The summed E-state index contributed by atoms with van der Waals surface area (Å²) in [6.07, 6.45) is 1.41. The van der Waals surface area contributed by atoms with Crippen molar-refractivity contribution >= 4 is 18.0 Å². The second-order valence-electron chi connectivity index (χ2n) is 8.69. The Kier molecular flexibility index (Phi) is 7.47. The highest BCUT2D eigenvalue weighted by molar-refractivity contribution is 5.89. The molecule has 1 aliphatic heterocycles. The van der Waals surface area contributed by atoms with Crippen LogP contribution in [0.5, 0.6) is 0 Å². The zero-order valence-corrected chi connectivity index (χ0v) is 19.2. The summed E-state index contributed by atoms with van der Waals surface area (Å²) >= 11 is 0. The van der Waals surface area contributed by atoms with Crippen LogP contribution >= 0.6 is 0 Å². The predicted molar refractivity (Wildman–Crippen MR) is 125 cm³/mol. The number of hydrogen-bond acceptors (Lipinski definition) is 5. The fourth-order valence-corrected chi connectivity index (χ4v) is 4.93. The van der Waals surface area contributed by atoms with Gasteiger partial charge in [0.15, 0.2) is 0 Å². The molecule has 0 aromatic heterocycles. The molecular formula is C26H30N2O6. The van der Waals surface area contributed by atoms with Crippen molar-refractivity contribution in [3.05, 3.63) is 59.7 Å². The minimum absolute atomic E-state index is 0.0928. The Bertz CT molecular complexity index is 1010. The molecule has 4 rings (SSSR count). The lowest BCUT2D eigenvalue weighted by Crippen LogP contribution is -2.55. The molecule has 2 amide bonds. The van der Waals surface area contributed by atoms with E-state index < -0.39 is 30.1 Å². The number of aliphatic carboxylic acids is 1. The van der Waals surface area contributed by atoms with E-state index in [1.54, 1.807) is 0 Å². The number of hydrogen-bond donors (Lipinski definition) is 2. The molecule has 1 unspecified atom stereocenters. The predicted octanol–water partition coefficient (Wildman–Crippen LogP) is 3.40. The summed E-state index contributed by atoms with van der Waals surface area (Å²) < 4.78 is 10.7. The maximum absolute atomic E-state index is 13.2. The van der Waals surface area contributed by atoms with Gasteiger partial charge in [0.2, 0.25) is 5.91 Å². The van der Waals surface area contributed by atoms with Crippen molar-refractivity contribution in [1.82, 2.24) is 10.2 Å². The first kappa shape index (κ1) is 23.8. The summed E-state index contributed by atoms with van der Waals surface area (Å²) in [5.74, 6) is -1.54. The average Bonchev–Trinajstić information content (AvgIpc) is 3.18. The lowest BCUT2D eigenvalue weighted by Gasteiger charge is -2.35. The summed E-state index contributed by atoms with van der Waals surface area (Å²) in [5, 5.41) is 12.2. The van der Waals surface area contributed by atoms with E-state index in [0.29, 0.717) is 13.0 Å². The van der Waals surface area contributed by atoms with Crippen molar-refractivity contribution < 1.29 is 29.0 Å². The van der Waals surface area contributed by atoms with E-state index in [4.69, 9.17) is 9.47 Å². The molecule has 0 spiro atoms. The number of benzene rings is 2. The van der Waals surface area contributed by atoms with Gasteiger partial charge in [0, 0.05) is 32.6 Å². The molecule has 1 aliphatic carbocycles. The van der Waals surface area contributed by atoms with E-state index in [1.807, 2.05) is 36.4 Å². The number of likely N-dealkylation sites (tertiary alicyclic amines) is 1. The van der Waals surface area contributed by atoms with Gasteiger partial charge in [-0.1, -0.05) is 48.5 Å². The summed E-state index contributed by atoms with van der Waals surface area (Å²) in [4.78, 5) is 38.9. The van der Waals surface area contributed by atoms with Crippen molar-refractivity contribution in [2.45, 2.75) is 43.7 Å². The van der Waals surface area contributed by atoms with Gasteiger partial charge in [0.1, 0.15) is 18.7 Å². The van der Waals surface area contributed by atoms with E-state index >= 15 is 0 Å². The van der Waals surface area contributed by atoms with Crippen molar-refractivity contribution in [1.29, 1.82) is 0 Å². The van der Waals surface area contributed by atoms with E-state index in [2.05, 4.69) is 17.4 Å². The SMILES string of the molecule is COCCC(NC(=O)OCC1c2ccccc2-c2ccccc21)C(=O)N1CCCC[C@@H]1C(=O)O. The quantitative estimate of drug-likeness (QED) is 0.618. The Hall–Kier alpha value is -3.39. The van der Waals surface area contributed by atoms with Crippen molar-refractivity contribution in [3.8, 4) is 11.1 Å². The number of nitrogens with zero attached hydrogens (tertiary/aromatic N) is 1. The molecule has 2 aliphatic rings. The molecule has 2 atom stereocenters. The van der Waals surface area contributed by atoms with Gasteiger partial charge < -0.3 is 24.8 Å². The van der Waals surface area contributed by atoms with Crippen molar-refractivity contribution in [3.63, 3.8) is 0 Å². The van der Waals surface area contributed by atoms with Gasteiger partial charge in [-0.15, -0.1) is 0 Å². The summed E-state index contributed by atoms with van der Waals surface area (Å²) in [5.41, 5.74) is 4.46.